The van der Waals surface area contributed by atoms with Gasteiger partial charge in [0.05, 0.1) is 16.4 Å². The number of rotatable bonds is 7. The minimum absolute atomic E-state index is 0.0498. The molecule has 1 rings (SSSR count). The number of hydrogen-bond donors (Lipinski definition) is 2. The number of nitrogens with one attached hydrogen (secondary N) is 1. The van der Waals surface area contributed by atoms with Crippen molar-refractivity contribution in [2.45, 2.75) is 56.3 Å². The van der Waals surface area contributed by atoms with Crippen LogP contribution < -0.4 is 5.32 Å². The molecule has 0 bridgehead atoms. The van der Waals surface area contributed by atoms with Gasteiger partial charge in [0.1, 0.15) is 0 Å². The van der Waals surface area contributed by atoms with E-state index in [1.807, 2.05) is 27.7 Å². The van der Waals surface area contributed by atoms with Crippen molar-refractivity contribution in [3.05, 3.63) is 29.8 Å². The fourth-order valence-corrected chi connectivity index (χ4v) is 2.81. The van der Waals surface area contributed by atoms with Crippen LogP contribution in [-0.2, 0) is 10.8 Å². The number of carbonyl (C=O) groups is 1. The Balaban J connectivity index is 2.70. The molecule has 0 saturated heterocycles. The molecule has 118 valence electrons. The minimum atomic E-state index is -1.05. The Morgan fingerprint density at radius 2 is 1.76 bits per heavy atom. The van der Waals surface area contributed by atoms with Gasteiger partial charge in [-0.05, 0) is 37.1 Å². The molecule has 0 spiro atoms. The average Bonchev–Trinajstić information content (AvgIpc) is 2.51. The maximum atomic E-state index is 12.0. The van der Waals surface area contributed by atoms with Crippen LogP contribution in [0.2, 0.25) is 0 Å². The number of benzene rings is 1. The first-order valence-corrected chi connectivity index (χ1v) is 8.55. The van der Waals surface area contributed by atoms with Crippen LogP contribution in [0.15, 0.2) is 29.2 Å². The van der Waals surface area contributed by atoms with Crippen LogP contribution in [0, 0.1) is 0 Å². The summed E-state index contributed by atoms with van der Waals surface area (Å²) in [6.07, 6.45) is 1.19. The van der Waals surface area contributed by atoms with E-state index < -0.39 is 16.4 Å². The van der Waals surface area contributed by atoms with E-state index in [9.17, 15) is 14.1 Å². The van der Waals surface area contributed by atoms with Gasteiger partial charge in [0.15, 0.2) is 0 Å². The first-order chi connectivity index (χ1) is 9.83. The highest BCUT2D eigenvalue weighted by molar-refractivity contribution is 7.85. The van der Waals surface area contributed by atoms with E-state index in [-0.39, 0.29) is 17.7 Å². The van der Waals surface area contributed by atoms with E-state index in [0.717, 1.165) is 4.90 Å². The van der Waals surface area contributed by atoms with E-state index in [0.29, 0.717) is 18.4 Å². The monoisotopic (exact) mass is 311 g/mol. The van der Waals surface area contributed by atoms with Crippen LogP contribution in [0.3, 0.4) is 0 Å². The van der Waals surface area contributed by atoms with Crippen molar-refractivity contribution in [1.29, 1.82) is 0 Å². The van der Waals surface area contributed by atoms with Crippen molar-refractivity contribution in [1.82, 2.24) is 5.32 Å². The lowest BCUT2D eigenvalue weighted by molar-refractivity contribution is 0.0314. The molecule has 0 aliphatic carbocycles. The molecule has 1 atom stereocenters. The predicted molar refractivity (Wildman–Crippen MR) is 85.9 cm³/mol. The molecule has 0 radical (unpaired) electrons. The second-order valence-electron chi connectivity index (χ2n) is 5.48. The van der Waals surface area contributed by atoms with Crippen LogP contribution in [0.1, 0.15) is 50.9 Å². The molecule has 1 unspecified atom stereocenters. The molecule has 21 heavy (non-hydrogen) atoms. The Bertz CT molecular complexity index is 493. The van der Waals surface area contributed by atoms with Crippen LogP contribution in [0.4, 0.5) is 0 Å². The molecule has 1 aromatic carbocycles. The van der Waals surface area contributed by atoms with E-state index in [2.05, 4.69) is 5.32 Å². The van der Waals surface area contributed by atoms with Crippen molar-refractivity contribution in [2.24, 2.45) is 0 Å². The van der Waals surface area contributed by atoms with Crippen LogP contribution in [-0.4, -0.2) is 32.6 Å². The third-order valence-electron chi connectivity index (χ3n) is 3.67. The summed E-state index contributed by atoms with van der Waals surface area (Å²) >= 11 is 0. The maximum Gasteiger partial charge on any atom is 0.251 e. The second kappa shape index (κ2) is 7.71. The minimum Gasteiger partial charge on any atom is -0.388 e. The average molecular weight is 311 g/mol. The Morgan fingerprint density at radius 3 is 2.19 bits per heavy atom. The fourth-order valence-electron chi connectivity index (χ4n) is 1.86. The molecular weight excluding hydrogens is 286 g/mol. The van der Waals surface area contributed by atoms with Gasteiger partial charge in [0.25, 0.3) is 5.91 Å². The Morgan fingerprint density at radius 1 is 1.24 bits per heavy atom. The first-order valence-electron chi connectivity index (χ1n) is 7.34. The lowest BCUT2D eigenvalue weighted by Crippen LogP contribution is -2.42. The molecule has 1 amide bonds. The van der Waals surface area contributed by atoms with Crippen molar-refractivity contribution in [3.8, 4) is 0 Å². The van der Waals surface area contributed by atoms with Crippen molar-refractivity contribution in [3.63, 3.8) is 0 Å². The first kappa shape index (κ1) is 17.9. The quantitative estimate of drug-likeness (QED) is 0.813. The zero-order valence-corrected chi connectivity index (χ0v) is 14.0. The highest BCUT2D eigenvalue weighted by Crippen LogP contribution is 2.15. The molecule has 0 saturated carbocycles. The van der Waals surface area contributed by atoms with Crippen LogP contribution >= 0.6 is 0 Å². The summed E-state index contributed by atoms with van der Waals surface area (Å²) in [5.41, 5.74) is -0.344. The standard InChI is InChI=1S/C16H25NO3S/c1-5-16(19,6-2)11-17-15(18)13-7-9-14(10-8-13)21(20)12(3)4/h7-10,12,19H,5-6,11H2,1-4H3,(H,17,18). The molecule has 0 aromatic heterocycles. The molecule has 0 fully saturated rings. The second-order valence-corrected chi connectivity index (χ2v) is 7.49. The number of carbonyl (C=O) groups excluding carboxylic acids is 1. The highest BCUT2D eigenvalue weighted by atomic mass is 32.2. The van der Waals surface area contributed by atoms with Gasteiger partial charge in [-0.15, -0.1) is 0 Å². The third kappa shape index (κ3) is 4.93. The molecular formula is C16H25NO3S. The van der Waals surface area contributed by atoms with Gasteiger partial charge in [-0.2, -0.15) is 0 Å². The van der Waals surface area contributed by atoms with Crippen LogP contribution in [0.5, 0.6) is 0 Å². The molecule has 0 aliphatic rings. The van der Waals surface area contributed by atoms with Crippen LogP contribution in [0.25, 0.3) is 0 Å². The molecule has 1 aromatic rings. The Hall–Kier alpha value is -1.20. The summed E-state index contributed by atoms with van der Waals surface area (Å²) in [5.74, 6) is -0.225. The smallest absolute Gasteiger partial charge is 0.251 e. The molecule has 4 nitrogen and oxygen atoms in total. The van der Waals surface area contributed by atoms with E-state index >= 15 is 0 Å². The summed E-state index contributed by atoms with van der Waals surface area (Å²) < 4.78 is 11.9. The van der Waals surface area contributed by atoms with Crippen molar-refractivity contribution in [2.75, 3.05) is 6.54 Å². The van der Waals surface area contributed by atoms with E-state index in [4.69, 9.17) is 0 Å². The fraction of sp³-hybridized carbons (Fsp3) is 0.562. The molecule has 2 N–H and O–H groups in total. The lowest BCUT2D eigenvalue weighted by atomic mass is 9.97. The largest absolute Gasteiger partial charge is 0.388 e. The number of amides is 1. The third-order valence-corrected chi connectivity index (χ3v) is 5.26. The van der Waals surface area contributed by atoms with Crippen molar-refractivity contribution < 1.29 is 14.1 Å². The Kier molecular flexibility index (Phi) is 6.55. The topological polar surface area (TPSA) is 66.4 Å². The van der Waals surface area contributed by atoms with E-state index in [1.54, 1.807) is 24.3 Å². The summed E-state index contributed by atoms with van der Waals surface area (Å²) in [6, 6.07) is 6.78. The zero-order valence-electron chi connectivity index (χ0n) is 13.2. The van der Waals surface area contributed by atoms with Gasteiger partial charge < -0.3 is 10.4 Å². The van der Waals surface area contributed by atoms with Gasteiger partial charge in [-0.3, -0.25) is 9.00 Å². The summed E-state index contributed by atoms with van der Waals surface area (Å²) in [7, 11) is -1.05. The summed E-state index contributed by atoms with van der Waals surface area (Å²) in [5, 5.41) is 12.9. The van der Waals surface area contributed by atoms with Gasteiger partial charge in [-0.1, -0.05) is 27.7 Å². The van der Waals surface area contributed by atoms with Gasteiger partial charge in [0, 0.05) is 22.3 Å². The van der Waals surface area contributed by atoms with Gasteiger partial charge >= 0.3 is 0 Å². The van der Waals surface area contributed by atoms with E-state index in [1.165, 1.54) is 0 Å². The highest BCUT2D eigenvalue weighted by Gasteiger charge is 2.23. The number of aliphatic hydroxyl groups is 1. The molecule has 5 heteroatoms. The summed E-state index contributed by atoms with van der Waals surface area (Å²) in [6.45, 7) is 7.82. The van der Waals surface area contributed by atoms with Gasteiger partial charge in [0.2, 0.25) is 0 Å². The van der Waals surface area contributed by atoms with Gasteiger partial charge in [-0.25, -0.2) is 0 Å². The van der Waals surface area contributed by atoms with Crippen molar-refractivity contribution >= 4 is 16.7 Å². The molecule has 0 heterocycles. The zero-order chi connectivity index (χ0) is 16.0. The Labute approximate surface area is 129 Å². The SMILES string of the molecule is CCC(O)(CC)CNC(=O)c1ccc(S(=O)C(C)C)cc1. The molecule has 0 aliphatic heterocycles. The summed E-state index contributed by atoms with van der Waals surface area (Å²) in [4.78, 5) is 12.8. The predicted octanol–water partition coefficient (Wildman–Crippen LogP) is 2.48. The lowest BCUT2D eigenvalue weighted by Gasteiger charge is -2.25. The maximum absolute atomic E-state index is 12.0. The normalized spacial score (nSPS) is 13.2. The number of hydrogen-bond acceptors (Lipinski definition) is 3.